The second kappa shape index (κ2) is 8.12. The summed E-state index contributed by atoms with van der Waals surface area (Å²) < 4.78 is 15.8. The Kier molecular flexibility index (Phi) is 6.50. The molecular formula is C17H20O6. The van der Waals surface area contributed by atoms with Crippen molar-refractivity contribution in [3.8, 4) is 11.5 Å². The Hall–Kier alpha value is -2.63. The summed E-state index contributed by atoms with van der Waals surface area (Å²) in [6.45, 7) is 5.97. The molecule has 1 aromatic rings. The molecule has 1 aromatic carbocycles. The summed E-state index contributed by atoms with van der Waals surface area (Å²) in [4.78, 5) is 34.9. The number of carbonyl (C=O) groups is 3. The van der Waals surface area contributed by atoms with E-state index in [0.717, 1.165) is 0 Å². The molecule has 0 aliphatic carbocycles. The van der Waals surface area contributed by atoms with Crippen molar-refractivity contribution < 1.29 is 28.6 Å². The molecule has 0 aliphatic rings. The van der Waals surface area contributed by atoms with E-state index >= 15 is 0 Å². The summed E-state index contributed by atoms with van der Waals surface area (Å²) in [6, 6.07) is 4.77. The minimum atomic E-state index is -0.632. The van der Waals surface area contributed by atoms with Crippen molar-refractivity contribution in [2.45, 2.75) is 27.7 Å². The number of ketones is 2. The van der Waals surface area contributed by atoms with Gasteiger partial charge in [-0.1, -0.05) is 0 Å². The van der Waals surface area contributed by atoms with E-state index in [1.165, 1.54) is 27.9 Å². The van der Waals surface area contributed by atoms with Gasteiger partial charge in [-0.3, -0.25) is 14.4 Å². The summed E-state index contributed by atoms with van der Waals surface area (Å²) in [5, 5.41) is 0. The standard InChI is InChI=1S/C17H20O6/c1-6-22-14-8-7-13(9-15(14)21-5)17(23-12(4)20)16(10(2)18)11(3)19/h7-9H,6H2,1-5H3. The Bertz CT molecular complexity index is 641. The van der Waals surface area contributed by atoms with Crippen molar-refractivity contribution in [2.75, 3.05) is 13.7 Å². The Morgan fingerprint density at radius 3 is 2.04 bits per heavy atom. The van der Waals surface area contributed by atoms with Crippen LogP contribution >= 0.6 is 0 Å². The van der Waals surface area contributed by atoms with Crippen LogP contribution in [0.5, 0.6) is 11.5 Å². The summed E-state index contributed by atoms with van der Waals surface area (Å²) >= 11 is 0. The number of carbonyl (C=O) groups excluding carboxylic acids is 3. The molecule has 0 aromatic heterocycles. The first-order valence-corrected chi connectivity index (χ1v) is 7.07. The monoisotopic (exact) mass is 320 g/mol. The first-order valence-electron chi connectivity index (χ1n) is 7.07. The highest BCUT2D eigenvalue weighted by Crippen LogP contribution is 2.32. The molecule has 0 saturated heterocycles. The molecule has 124 valence electrons. The fraction of sp³-hybridized carbons (Fsp3) is 0.353. The lowest BCUT2D eigenvalue weighted by Crippen LogP contribution is -2.13. The van der Waals surface area contributed by atoms with E-state index in [4.69, 9.17) is 14.2 Å². The highest BCUT2D eigenvalue weighted by Gasteiger charge is 2.22. The Labute approximate surface area is 135 Å². The van der Waals surface area contributed by atoms with Crippen LogP contribution in [0.1, 0.15) is 33.3 Å². The van der Waals surface area contributed by atoms with Crippen molar-refractivity contribution >= 4 is 23.3 Å². The van der Waals surface area contributed by atoms with Crippen LogP contribution in [0.2, 0.25) is 0 Å². The molecule has 0 heterocycles. The molecule has 0 bridgehead atoms. The smallest absolute Gasteiger partial charge is 0.308 e. The number of hydrogen-bond acceptors (Lipinski definition) is 6. The molecule has 0 saturated carbocycles. The van der Waals surface area contributed by atoms with Gasteiger partial charge in [-0.2, -0.15) is 0 Å². The Morgan fingerprint density at radius 2 is 1.61 bits per heavy atom. The average molecular weight is 320 g/mol. The van der Waals surface area contributed by atoms with E-state index in [2.05, 4.69) is 0 Å². The maximum absolute atomic E-state index is 11.8. The summed E-state index contributed by atoms with van der Waals surface area (Å²) in [5.41, 5.74) is 0.201. The molecule has 0 spiro atoms. The van der Waals surface area contributed by atoms with Gasteiger partial charge in [0.15, 0.2) is 28.8 Å². The molecule has 23 heavy (non-hydrogen) atoms. The van der Waals surface area contributed by atoms with Crippen molar-refractivity contribution in [1.29, 1.82) is 0 Å². The molecule has 6 heteroatoms. The van der Waals surface area contributed by atoms with Crippen LogP contribution in [0.4, 0.5) is 0 Å². The van der Waals surface area contributed by atoms with Gasteiger partial charge in [-0.15, -0.1) is 0 Å². The molecule has 0 fully saturated rings. The first kappa shape index (κ1) is 18.4. The van der Waals surface area contributed by atoms with Gasteiger partial charge in [0.05, 0.1) is 13.7 Å². The highest BCUT2D eigenvalue weighted by molar-refractivity contribution is 6.23. The number of methoxy groups -OCH3 is 1. The SMILES string of the molecule is CCOc1ccc(C(OC(C)=O)=C(C(C)=O)C(C)=O)cc1OC. The zero-order valence-corrected chi connectivity index (χ0v) is 13.9. The normalized spacial score (nSPS) is 9.78. The number of hydrogen-bond donors (Lipinski definition) is 0. The van der Waals surface area contributed by atoms with Crippen LogP contribution in [-0.4, -0.2) is 31.3 Å². The third-order valence-corrected chi connectivity index (χ3v) is 2.90. The zero-order valence-electron chi connectivity index (χ0n) is 13.9. The third kappa shape index (κ3) is 4.67. The number of ether oxygens (including phenoxy) is 3. The minimum absolute atomic E-state index is 0.0844. The van der Waals surface area contributed by atoms with Crippen molar-refractivity contribution in [3.05, 3.63) is 29.3 Å². The van der Waals surface area contributed by atoms with Crippen LogP contribution in [0.3, 0.4) is 0 Å². The quantitative estimate of drug-likeness (QED) is 0.252. The van der Waals surface area contributed by atoms with Crippen LogP contribution in [0, 0.1) is 0 Å². The van der Waals surface area contributed by atoms with E-state index in [9.17, 15) is 14.4 Å². The van der Waals surface area contributed by atoms with Gasteiger partial charge in [-0.05, 0) is 39.0 Å². The van der Waals surface area contributed by atoms with E-state index in [0.29, 0.717) is 23.7 Å². The number of benzene rings is 1. The van der Waals surface area contributed by atoms with Gasteiger partial charge < -0.3 is 14.2 Å². The molecule has 0 atom stereocenters. The molecular weight excluding hydrogens is 300 g/mol. The second-order valence-corrected chi connectivity index (χ2v) is 4.71. The maximum atomic E-state index is 11.8. The zero-order chi connectivity index (χ0) is 17.6. The van der Waals surface area contributed by atoms with Crippen LogP contribution in [0.25, 0.3) is 5.76 Å². The first-order chi connectivity index (χ1) is 10.8. The van der Waals surface area contributed by atoms with Crippen LogP contribution in [-0.2, 0) is 19.1 Å². The van der Waals surface area contributed by atoms with Gasteiger partial charge in [0.25, 0.3) is 0 Å². The van der Waals surface area contributed by atoms with E-state index in [1.54, 1.807) is 18.2 Å². The van der Waals surface area contributed by atoms with Crippen molar-refractivity contribution in [3.63, 3.8) is 0 Å². The van der Waals surface area contributed by atoms with Gasteiger partial charge in [0, 0.05) is 12.5 Å². The van der Waals surface area contributed by atoms with Gasteiger partial charge >= 0.3 is 5.97 Å². The summed E-state index contributed by atoms with van der Waals surface area (Å²) in [6.07, 6.45) is 0. The lowest BCUT2D eigenvalue weighted by atomic mass is 10.0. The fourth-order valence-electron chi connectivity index (χ4n) is 2.05. The fourth-order valence-corrected chi connectivity index (χ4v) is 2.05. The number of esters is 1. The van der Waals surface area contributed by atoms with Gasteiger partial charge in [-0.25, -0.2) is 0 Å². The predicted octanol–water partition coefficient (Wildman–Crippen LogP) is 2.55. The van der Waals surface area contributed by atoms with Crippen molar-refractivity contribution in [2.24, 2.45) is 0 Å². The number of rotatable bonds is 7. The van der Waals surface area contributed by atoms with Crippen LogP contribution < -0.4 is 9.47 Å². The largest absolute Gasteiger partial charge is 0.493 e. The number of allylic oxidation sites excluding steroid dienone is 1. The lowest BCUT2D eigenvalue weighted by Gasteiger charge is -2.14. The van der Waals surface area contributed by atoms with Gasteiger partial charge in [0.2, 0.25) is 0 Å². The van der Waals surface area contributed by atoms with E-state index in [-0.39, 0.29) is 11.3 Å². The molecule has 0 amide bonds. The minimum Gasteiger partial charge on any atom is -0.493 e. The van der Waals surface area contributed by atoms with Crippen LogP contribution in [0.15, 0.2) is 23.8 Å². The topological polar surface area (TPSA) is 78.9 Å². The van der Waals surface area contributed by atoms with E-state index in [1.807, 2.05) is 6.92 Å². The van der Waals surface area contributed by atoms with Gasteiger partial charge in [0.1, 0.15) is 5.57 Å². The second-order valence-electron chi connectivity index (χ2n) is 4.71. The maximum Gasteiger partial charge on any atom is 0.308 e. The summed E-state index contributed by atoms with van der Waals surface area (Å²) in [7, 11) is 1.47. The Balaban J connectivity index is 3.55. The molecule has 6 nitrogen and oxygen atoms in total. The molecule has 0 N–H and O–H groups in total. The predicted molar refractivity (Wildman–Crippen MR) is 84.2 cm³/mol. The molecule has 1 rings (SSSR count). The third-order valence-electron chi connectivity index (χ3n) is 2.90. The van der Waals surface area contributed by atoms with E-state index < -0.39 is 17.5 Å². The highest BCUT2D eigenvalue weighted by atomic mass is 16.5. The molecule has 0 radical (unpaired) electrons. The number of Topliss-reactive ketones (excluding diaryl/α,β-unsaturated/α-hetero) is 2. The Morgan fingerprint density at radius 1 is 1.00 bits per heavy atom. The summed E-state index contributed by atoms with van der Waals surface area (Å²) in [5.74, 6) is -0.775. The average Bonchev–Trinajstić information content (AvgIpc) is 2.46. The molecule has 0 unspecified atom stereocenters. The molecule has 0 aliphatic heterocycles. The van der Waals surface area contributed by atoms with Crippen molar-refractivity contribution in [1.82, 2.24) is 0 Å². The lowest BCUT2D eigenvalue weighted by molar-refractivity contribution is -0.134.